The largest absolute Gasteiger partial charge is 0.459 e. The predicted octanol–water partition coefficient (Wildman–Crippen LogP) is 2.37. The molecule has 3 aromatic carbocycles. The number of hydrogen-bond acceptors (Lipinski definition) is 9. The number of esters is 3. The molecule has 0 amide bonds. The van der Waals surface area contributed by atoms with Crippen LogP contribution in [0.1, 0.15) is 31.1 Å². The van der Waals surface area contributed by atoms with Gasteiger partial charge in [0.05, 0.1) is 16.7 Å². The van der Waals surface area contributed by atoms with Crippen LogP contribution < -0.4 is 0 Å². The van der Waals surface area contributed by atoms with E-state index in [0.717, 1.165) is 0 Å². The smallest absolute Gasteiger partial charge is 0.338 e. The fourth-order valence-electron chi connectivity index (χ4n) is 3.65. The summed E-state index contributed by atoms with van der Waals surface area (Å²) in [5.74, 6) is -2.30. The molecular formula is C27H24O9. The SMILES string of the molecule is O=C(OCC1O[C@@H](O)C(OC(=O)c2ccccc2)C(OC(=O)c2ccccc2)[C@@H]1O)c1ccccc1. The molecule has 4 rings (SSSR count). The zero-order chi connectivity index (χ0) is 25.5. The number of ether oxygens (including phenoxy) is 4. The Hall–Kier alpha value is -4.05. The average Bonchev–Trinajstić information content (AvgIpc) is 2.92. The summed E-state index contributed by atoms with van der Waals surface area (Å²) in [4.78, 5) is 37.7. The van der Waals surface area contributed by atoms with E-state index in [2.05, 4.69) is 0 Å². The van der Waals surface area contributed by atoms with Crippen LogP contribution in [0, 0.1) is 0 Å². The van der Waals surface area contributed by atoms with Crippen LogP contribution >= 0.6 is 0 Å². The van der Waals surface area contributed by atoms with Crippen molar-refractivity contribution in [1.82, 2.24) is 0 Å². The molecule has 0 saturated carbocycles. The minimum atomic E-state index is -1.78. The Kier molecular flexibility index (Phi) is 8.06. The first kappa shape index (κ1) is 25.1. The lowest BCUT2D eigenvalue weighted by molar-refractivity contribution is -0.284. The molecule has 9 nitrogen and oxygen atoms in total. The van der Waals surface area contributed by atoms with E-state index in [4.69, 9.17) is 18.9 Å². The summed E-state index contributed by atoms with van der Waals surface area (Å²) >= 11 is 0. The Morgan fingerprint density at radius 1 is 0.639 bits per heavy atom. The summed E-state index contributed by atoms with van der Waals surface area (Å²) < 4.78 is 21.5. The number of hydrogen-bond donors (Lipinski definition) is 2. The van der Waals surface area contributed by atoms with Crippen LogP contribution in [0.5, 0.6) is 0 Å². The summed E-state index contributed by atoms with van der Waals surface area (Å²) in [6.07, 6.45) is -7.72. The van der Waals surface area contributed by atoms with Gasteiger partial charge in [0.15, 0.2) is 18.5 Å². The second kappa shape index (κ2) is 11.6. The molecule has 36 heavy (non-hydrogen) atoms. The Morgan fingerprint density at radius 2 is 1.06 bits per heavy atom. The van der Waals surface area contributed by atoms with E-state index < -0.39 is 55.2 Å². The van der Waals surface area contributed by atoms with Crippen LogP contribution in [-0.4, -0.2) is 65.4 Å². The molecule has 3 unspecified atom stereocenters. The van der Waals surface area contributed by atoms with Gasteiger partial charge in [-0.3, -0.25) is 0 Å². The molecule has 0 radical (unpaired) electrons. The zero-order valence-electron chi connectivity index (χ0n) is 19.0. The lowest BCUT2D eigenvalue weighted by Gasteiger charge is -2.41. The minimum absolute atomic E-state index is 0.186. The van der Waals surface area contributed by atoms with Gasteiger partial charge in [-0.15, -0.1) is 0 Å². The van der Waals surface area contributed by atoms with Gasteiger partial charge in [-0.1, -0.05) is 54.6 Å². The molecule has 1 heterocycles. The zero-order valence-corrected chi connectivity index (χ0v) is 19.0. The van der Waals surface area contributed by atoms with Gasteiger partial charge in [0.1, 0.15) is 18.8 Å². The molecule has 0 spiro atoms. The normalized spacial score (nSPS) is 23.3. The van der Waals surface area contributed by atoms with E-state index in [1.165, 1.54) is 24.3 Å². The minimum Gasteiger partial charge on any atom is -0.459 e. The number of benzene rings is 3. The van der Waals surface area contributed by atoms with Crippen molar-refractivity contribution >= 4 is 17.9 Å². The van der Waals surface area contributed by atoms with Crippen molar-refractivity contribution in [3.63, 3.8) is 0 Å². The Morgan fingerprint density at radius 3 is 1.53 bits per heavy atom. The highest BCUT2D eigenvalue weighted by Gasteiger charge is 2.50. The summed E-state index contributed by atoms with van der Waals surface area (Å²) in [6.45, 7) is -0.454. The Labute approximate surface area is 206 Å². The molecule has 0 bridgehead atoms. The lowest BCUT2D eigenvalue weighted by Crippen LogP contribution is -2.61. The third-order valence-corrected chi connectivity index (χ3v) is 5.53. The van der Waals surface area contributed by atoms with Gasteiger partial charge in [-0.2, -0.15) is 0 Å². The van der Waals surface area contributed by atoms with Crippen LogP contribution in [0.4, 0.5) is 0 Å². The standard InChI is InChI=1S/C27H24O9/c28-21-20(16-33-24(29)17-10-4-1-5-11-17)34-27(32)23(36-26(31)19-14-8-3-9-15-19)22(21)35-25(30)18-12-6-2-7-13-18/h1-15,20-23,27-28,32H,16H2/t20?,21-,22?,23?,27-/m1/s1. The first-order chi connectivity index (χ1) is 17.4. The molecule has 9 heteroatoms. The monoisotopic (exact) mass is 492 g/mol. The second-order valence-corrected chi connectivity index (χ2v) is 7.99. The van der Waals surface area contributed by atoms with Crippen molar-refractivity contribution in [2.75, 3.05) is 6.61 Å². The highest BCUT2D eigenvalue weighted by Crippen LogP contribution is 2.27. The average molecular weight is 492 g/mol. The van der Waals surface area contributed by atoms with E-state index in [-0.39, 0.29) is 16.7 Å². The number of aliphatic hydroxyl groups is 2. The van der Waals surface area contributed by atoms with Crippen LogP contribution in [-0.2, 0) is 18.9 Å². The van der Waals surface area contributed by atoms with E-state index in [0.29, 0.717) is 0 Å². The summed E-state index contributed by atoms with van der Waals surface area (Å²) in [5, 5.41) is 21.6. The maximum absolute atomic E-state index is 12.7. The molecule has 1 aliphatic heterocycles. The highest BCUT2D eigenvalue weighted by atomic mass is 16.7. The molecule has 1 saturated heterocycles. The summed E-state index contributed by atoms with van der Waals surface area (Å²) in [6, 6.07) is 24.1. The highest BCUT2D eigenvalue weighted by molar-refractivity contribution is 5.90. The number of aliphatic hydroxyl groups excluding tert-OH is 2. The third-order valence-electron chi connectivity index (χ3n) is 5.53. The van der Waals surface area contributed by atoms with Crippen molar-refractivity contribution in [2.24, 2.45) is 0 Å². The lowest BCUT2D eigenvalue weighted by atomic mass is 9.98. The van der Waals surface area contributed by atoms with Crippen molar-refractivity contribution < 1.29 is 43.5 Å². The molecular weight excluding hydrogens is 468 g/mol. The van der Waals surface area contributed by atoms with Crippen LogP contribution in [0.3, 0.4) is 0 Å². The van der Waals surface area contributed by atoms with E-state index in [1.54, 1.807) is 66.7 Å². The fourth-order valence-corrected chi connectivity index (χ4v) is 3.65. The van der Waals surface area contributed by atoms with Crippen molar-refractivity contribution in [1.29, 1.82) is 0 Å². The number of carbonyl (C=O) groups is 3. The van der Waals surface area contributed by atoms with Crippen molar-refractivity contribution in [2.45, 2.75) is 30.7 Å². The van der Waals surface area contributed by atoms with Gasteiger partial charge in [-0.25, -0.2) is 14.4 Å². The molecule has 5 atom stereocenters. The van der Waals surface area contributed by atoms with E-state index in [9.17, 15) is 24.6 Å². The van der Waals surface area contributed by atoms with E-state index >= 15 is 0 Å². The second-order valence-electron chi connectivity index (χ2n) is 7.99. The van der Waals surface area contributed by atoms with Crippen molar-refractivity contribution in [3.8, 4) is 0 Å². The topological polar surface area (TPSA) is 129 Å². The third kappa shape index (κ3) is 5.95. The molecule has 0 aliphatic carbocycles. The number of carbonyl (C=O) groups excluding carboxylic acids is 3. The van der Waals surface area contributed by atoms with Gasteiger partial charge >= 0.3 is 17.9 Å². The predicted molar refractivity (Wildman–Crippen MR) is 125 cm³/mol. The molecule has 1 fully saturated rings. The molecule has 2 N–H and O–H groups in total. The Bertz CT molecular complexity index is 1170. The van der Waals surface area contributed by atoms with E-state index in [1.807, 2.05) is 0 Å². The summed E-state index contributed by atoms with van der Waals surface area (Å²) in [5.41, 5.74) is 0.655. The number of rotatable bonds is 7. The Balaban J connectivity index is 1.52. The molecule has 0 aromatic heterocycles. The van der Waals surface area contributed by atoms with Gasteiger partial charge in [0.25, 0.3) is 0 Å². The maximum atomic E-state index is 12.7. The first-order valence-electron chi connectivity index (χ1n) is 11.2. The van der Waals surface area contributed by atoms with Crippen molar-refractivity contribution in [3.05, 3.63) is 108 Å². The van der Waals surface area contributed by atoms with Gasteiger partial charge in [0.2, 0.25) is 0 Å². The fraction of sp³-hybridized carbons (Fsp3) is 0.222. The van der Waals surface area contributed by atoms with Gasteiger partial charge in [0, 0.05) is 0 Å². The maximum Gasteiger partial charge on any atom is 0.338 e. The first-order valence-corrected chi connectivity index (χ1v) is 11.2. The quantitative estimate of drug-likeness (QED) is 0.377. The summed E-state index contributed by atoms with van der Waals surface area (Å²) in [7, 11) is 0. The molecule has 186 valence electrons. The molecule has 1 aliphatic rings. The van der Waals surface area contributed by atoms with Crippen LogP contribution in [0.15, 0.2) is 91.0 Å². The van der Waals surface area contributed by atoms with Gasteiger partial charge in [-0.05, 0) is 36.4 Å². The van der Waals surface area contributed by atoms with Crippen LogP contribution in [0.2, 0.25) is 0 Å². The van der Waals surface area contributed by atoms with Crippen LogP contribution in [0.25, 0.3) is 0 Å². The molecule has 3 aromatic rings. The van der Waals surface area contributed by atoms with Gasteiger partial charge < -0.3 is 29.2 Å².